The van der Waals surface area contributed by atoms with Crippen LogP contribution in [0.3, 0.4) is 0 Å². The Morgan fingerprint density at radius 1 is 0.909 bits per heavy atom. The van der Waals surface area contributed by atoms with Gasteiger partial charge in [-0.25, -0.2) is 14.4 Å². The van der Waals surface area contributed by atoms with Crippen molar-refractivity contribution in [1.29, 1.82) is 0 Å². The van der Waals surface area contributed by atoms with Gasteiger partial charge in [0.15, 0.2) is 0 Å². The van der Waals surface area contributed by atoms with Crippen molar-refractivity contribution in [3.8, 4) is 0 Å². The topological polar surface area (TPSA) is 78.9 Å². The highest BCUT2D eigenvalue weighted by Crippen LogP contribution is 2.01. The Bertz CT molecular complexity index is 448. The van der Waals surface area contributed by atoms with Gasteiger partial charge in [0.2, 0.25) is 5.76 Å². The molecule has 0 saturated heterocycles. The van der Waals surface area contributed by atoms with Crippen molar-refractivity contribution in [1.82, 2.24) is 0 Å². The first-order chi connectivity index (χ1) is 10.2. The predicted octanol–water partition coefficient (Wildman–Crippen LogP) is 2.70. The molecular formula is C16H24O6. The summed E-state index contributed by atoms with van der Waals surface area (Å²) in [5.74, 6) is -2.09. The van der Waals surface area contributed by atoms with Crippen LogP contribution in [0.1, 0.15) is 33.6 Å². The number of rotatable bonds is 7. The fourth-order valence-corrected chi connectivity index (χ4v) is 0.787. The van der Waals surface area contributed by atoms with Crippen molar-refractivity contribution >= 4 is 17.9 Å². The number of methoxy groups -OCH3 is 1. The minimum Gasteiger partial charge on any atom is -0.463 e. The van der Waals surface area contributed by atoms with Gasteiger partial charge in [0.1, 0.15) is 0 Å². The van der Waals surface area contributed by atoms with Crippen LogP contribution in [-0.4, -0.2) is 31.6 Å². The number of unbranched alkanes of at least 4 members (excludes halogenated alkanes) is 1. The highest BCUT2D eigenvalue weighted by atomic mass is 16.6. The zero-order valence-electron chi connectivity index (χ0n) is 13.7. The number of ether oxygens (including phenoxy) is 3. The molecule has 0 aliphatic rings. The van der Waals surface area contributed by atoms with E-state index in [0.29, 0.717) is 12.2 Å². The van der Waals surface area contributed by atoms with Gasteiger partial charge in [0, 0.05) is 11.1 Å². The summed E-state index contributed by atoms with van der Waals surface area (Å²) in [5.41, 5.74) is 0.663. The Labute approximate surface area is 131 Å². The Morgan fingerprint density at radius 2 is 1.41 bits per heavy atom. The van der Waals surface area contributed by atoms with Crippen molar-refractivity contribution in [2.75, 3.05) is 13.7 Å². The second-order valence-electron chi connectivity index (χ2n) is 4.35. The zero-order chi connectivity index (χ0) is 17.7. The van der Waals surface area contributed by atoms with Crippen molar-refractivity contribution < 1.29 is 28.6 Å². The van der Waals surface area contributed by atoms with Crippen LogP contribution in [0, 0.1) is 0 Å². The molecule has 0 spiro atoms. The minimum atomic E-state index is -0.774. The Balaban J connectivity index is 0. The zero-order valence-corrected chi connectivity index (χ0v) is 13.7. The van der Waals surface area contributed by atoms with Crippen molar-refractivity contribution in [2.45, 2.75) is 33.6 Å². The molecule has 0 aromatic rings. The Kier molecular flexibility index (Phi) is 12.3. The van der Waals surface area contributed by atoms with Gasteiger partial charge in [0.05, 0.1) is 13.7 Å². The fourth-order valence-electron chi connectivity index (χ4n) is 0.787. The summed E-state index contributed by atoms with van der Waals surface area (Å²) in [6.45, 7) is 15.7. The summed E-state index contributed by atoms with van der Waals surface area (Å²) in [7, 11) is 1.17. The SMILES string of the molecule is C=C(C)C(=O)OC(=C)C(=O)OC.C=C(C)C(=O)OCCCC. The molecule has 0 saturated carbocycles. The summed E-state index contributed by atoms with van der Waals surface area (Å²) in [6.07, 6.45) is 1.97. The Morgan fingerprint density at radius 3 is 1.77 bits per heavy atom. The summed E-state index contributed by atoms with van der Waals surface area (Å²) < 4.78 is 13.5. The molecule has 0 aromatic heterocycles. The fraction of sp³-hybridized carbons (Fsp3) is 0.438. The second-order valence-corrected chi connectivity index (χ2v) is 4.35. The number of carbonyl (C=O) groups excluding carboxylic acids is 3. The summed E-state index contributed by atoms with van der Waals surface area (Å²) >= 11 is 0. The van der Waals surface area contributed by atoms with Gasteiger partial charge in [-0.2, -0.15) is 0 Å². The maximum Gasteiger partial charge on any atom is 0.373 e. The molecule has 0 fully saturated rings. The Hall–Kier alpha value is -2.37. The lowest BCUT2D eigenvalue weighted by Crippen LogP contribution is -2.12. The predicted molar refractivity (Wildman–Crippen MR) is 82.7 cm³/mol. The standard InChI is InChI=1S/C8H10O4.C8H14O2/c1-5(2)7(9)12-6(3)8(10)11-4;1-4-5-6-10-8(9)7(2)3/h1,3H2,2,4H3;2,4-6H2,1,3H3. The number of carbonyl (C=O) groups is 3. The van der Waals surface area contributed by atoms with Gasteiger partial charge in [-0.05, 0) is 26.8 Å². The molecule has 0 unspecified atom stereocenters. The smallest absolute Gasteiger partial charge is 0.373 e. The molecule has 0 atom stereocenters. The van der Waals surface area contributed by atoms with Gasteiger partial charge < -0.3 is 14.2 Å². The van der Waals surface area contributed by atoms with Crippen LogP contribution in [-0.2, 0) is 28.6 Å². The quantitative estimate of drug-likeness (QED) is 0.236. The third kappa shape index (κ3) is 11.5. The third-order valence-corrected chi connectivity index (χ3v) is 2.06. The molecule has 22 heavy (non-hydrogen) atoms. The maximum atomic E-state index is 10.8. The molecule has 0 bridgehead atoms. The molecule has 0 aliphatic carbocycles. The van der Waals surface area contributed by atoms with Gasteiger partial charge in [-0.15, -0.1) is 0 Å². The molecule has 124 valence electrons. The molecule has 0 aliphatic heterocycles. The van der Waals surface area contributed by atoms with Gasteiger partial charge in [0.25, 0.3) is 0 Å². The van der Waals surface area contributed by atoms with E-state index in [-0.39, 0.29) is 17.3 Å². The van der Waals surface area contributed by atoms with Gasteiger partial charge >= 0.3 is 17.9 Å². The maximum absolute atomic E-state index is 10.8. The molecule has 0 radical (unpaired) electrons. The van der Waals surface area contributed by atoms with E-state index in [1.165, 1.54) is 14.0 Å². The third-order valence-electron chi connectivity index (χ3n) is 2.06. The van der Waals surface area contributed by atoms with Crippen LogP contribution in [0.4, 0.5) is 0 Å². The highest BCUT2D eigenvalue weighted by molar-refractivity contribution is 5.93. The largest absolute Gasteiger partial charge is 0.463 e. The van der Waals surface area contributed by atoms with Crippen LogP contribution in [0.2, 0.25) is 0 Å². The lowest BCUT2D eigenvalue weighted by Gasteiger charge is -2.03. The van der Waals surface area contributed by atoms with E-state index in [1.807, 2.05) is 0 Å². The first kappa shape index (κ1) is 21.9. The number of hydrogen-bond donors (Lipinski definition) is 0. The van der Waals surface area contributed by atoms with E-state index in [9.17, 15) is 14.4 Å². The van der Waals surface area contributed by atoms with E-state index in [0.717, 1.165) is 12.8 Å². The van der Waals surface area contributed by atoms with Crippen LogP contribution < -0.4 is 0 Å². The van der Waals surface area contributed by atoms with Crippen LogP contribution >= 0.6 is 0 Å². The number of hydrogen-bond acceptors (Lipinski definition) is 6. The molecular weight excluding hydrogens is 288 g/mol. The van der Waals surface area contributed by atoms with Crippen molar-refractivity contribution in [2.24, 2.45) is 0 Å². The lowest BCUT2D eigenvalue weighted by molar-refractivity contribution is -0.147. The lowest BCUT2D eigenvalue weighted by atomic mass is 10.3. The van der Waals surface area contributed by atoms with E-state index in [1.54, 1.807) is 6.92 Å². The monoisotopic (exact) mass is 312 g/mol. The average Bonchev–Trinajstić information content (AvgIpc) is 2.46. The summed E-state index contributed by atoms with van der Waals surface area (Å²) in [4.78, 5) is 32.1. The molecule has 0 amide bonds. The van der Waals surface area contributed by atoms with Crippen LogP contribution in [0.5, 0.6) is 0 Å². The van der Waals surface area contributed by atoms with E-state index in [2.05, 4.69) is 36.1 Å². The second kappa shape index (κ2) is 12.4. The highest BCUT2D eigenvalue weighted by Gasteiger charge is 2.13. The van der Waals surface area contributed by atoms with E-state index >= 15 is 0 Å². The van der Waals surface area contributed by atoms with Crippen LogP contribution in [0.15, 0.2) is 36.6 Å². The minimum absolute atomic E-state index is 0.194. The van der Waals surface area contributed by atoms with Crippen LogP contribution in [0.25, 0.3) is 0 Å². The first-order valence-corrected chi connectivity index (χ1v) is 6.64. The molecule has 0 heterocycles. The number of esters is 3. The van der Waals surface area contributed by atoms with Crippen molar-refractivity contribution in [3.05, 3.63) is 36.6 Å². The molecule has 0 aromatic carbocycles. The van der Waals surface area contributed by atoms with Gasteiger partial charge in [-0.1, -0.05) is 26.5 Å². The molecule has 6 heteroatoms. The summed E-state index contributed by atoms with van der Waals surface area (Å²) in [5, 5.41) is 0. The first-order valence-electron chi connectivity index (χ1n) is 6.64. The average molecular weight is 312 g/mol. The molecule has 0 rings (SSSR count). The van der Waals surface area contributed by atoms with E-state index in [4.69, 9.17) is 4.74 Å². The normalized spacial score (nSPS) is 8.73. The molecule has 6 nitrogen and oxygen atoms in total. The van der Waals surface area contributed by atoms with Crippen molar-refractivity contribution in [3.63, 3.8) is 0 Å². The summed E-state index contributed by atoms with van der Waals surface area (Å²) in [6, 6.07) is 0. The van der Waals surface area contributed by atoms with E-state index < -0.39 is 11.9 Å². The molecule has 0 N–H and O–H groups in total. The van der Waals surface area contributed by atoms with Gasteiger partial charge in [-0.3, -0.25) is 0 Å².